The van der Waals surface area contributed by atoms with Gasteiger partial charge >= 0.3 is 11.9 Å². The molecule has 0 amide bonds. The summed E-state index contributed by atoms with van der Waals surface area (Å²) < 4.78 is 12.4. The van der Waals surface area contributed by atoms with Crippen LogP contribution in [0.4, 0.5) is 17.1 Å². The topological polar surface area (TPSA) is 99.0 Å². The zero-order chi connectivity index (χ0) is 33.1. The molecule has 0 radical (unpaired) electrons. The van der Waals surface area contributed by atoms with Crippen LogP contribution in [0.5, 0.6) is 11.5 Å². The molecule has 0 aliphatic heterocycles. The number of hydrogen-bond acceptors (Lipinski definition) is 7. The van der Waals surface area contributed by atoms with Crippen molar-refractivity contribution in [2.24, 2.45) is 0 Å². The van der Waals surface area contributed by atoms with Gasteiger partial charge in [-0.2, -0.15) is 4.58 Å². The molecule has 0 bridgehead atoms. The summed E-state index contributed by atoms with van der Waals surface area (Å²) in [5, 5.41) is 13.2. The largest absolute Gasteiger partial charge is 0.871 e. The van der Waals surface area contributed by atoms with E-state index in [2.05, 4.69) is 13.2 Å². The molecule has 2 aliphatic carbocycles. The second-order valence-electron chi connectivity index (χ2n) is 10.9. The molecule has 0 saturated carbocycles. The van der Waals surface area contributed by atoms with Gasteiger partial charge < -0.3 is 19.5 Å². The van der Waals surface area contributed by atoms with Gasteiger partial charge in [0.05, 0.1) is 0 Å². The number of hydrogen-bond donors (Lipinski definition) is 0. The first-order valence-corrected chi connectivity index (χ1v) is 14.4. The summed E-state index contributed by atoms with van der Waals surface area (Å²) >= 11 is 0. The number of carbonyl (C=O) groups excluding carboxylic acids is 3. The molecule has 0 spiro atoms. The van der Waals surface area contributed by atoms with Crippen molar-refractivity contribution in [2.75, 3.05) is 19.0 Å². The second-order valence-corrected chi connectivity index (χ2v) is 10.9. The molecule has 3 aromatic rings. The summed E-state index contributed by atoms with van der Waals surface area (Å²) in [6, 6.07) is 21.3. The van der Waals surface area contributed by atoms with Gasteiger partial charge in [-0.1, -0.05) is 31.0 Å². The summed E-state index contributed by atoms with van der Waals surface area (Å²) in [5.41, 5.74) is 5.51. The number of allylic oxidation sites excluding steroid dienone is 7. The molecule has 0 unspecified atom stereocenters. The molecule has 0 heterocycles. The van der Waals surface area contributed by atoms with Gasteiger partial charge in [-0.3, -0.25) is 4.79 Å². The number of esters is 2. The Morgan fingerprint density at radius 1 is 0.717 bits per heavy atom. The van der Waals surface area contributed by atoms with Gasteiger partial charge in [-0.15, -0.1) is 0 Å². The third kappa shape index (κ3) is 6.42. The van der Waals surface area contributed by atoms with Crippen LogP contribution in [0.3, 0.4) is 0 Å². The Hall–Kier alpha value is -6.02. The lowest BCUT2D eigenvalue weighted by Gasteiger charge is -2.32. The van der Waals surface area contributed by atoms with E-state index in [0.29, 0.717) is 33.8 Å². The van der Waals surface area contributed by atoms with E-state index in [4.69, 9.17) is 9.47 Å². The average Bonchev–Trinajstić information content (AvgIpc) is 3.05. The highest BCUT2D eigenvalue weighted by Gasteiger charge is 2.30. The summed E-state index contributed by atoms with van der Waals surface area (Å²) in [4.78, 5) is 38.6. The quantitative estimate of drug-likeness (QED) is 0.135. The van der Waals surface area contributed by atoms with Crippen LogP contribution < -0.4 is 19.5 Å². The average molecular weight is 613 g/mol. The molecule has 230 valence electrons. The Labute approximate surface area is 267 Å². The van der Waals surface area contributed by atoms with Gasteiger partial charge in [-0.05, 0) is 85.7 Å². The van der Waals surface area contributed by atoms with Gasteiger partial charge in [-0.25, -0.2) is 9.59 Å². The second kappa shape index (κ2) is 12.9. The number of rotatable bonds is 8. The molecule has 0 saturated heterocycles. The Morgan fingerprint density at radius 2 is 1.17 bits per heavy atom. The minimum absolute atomic E-state index is 0.168. The van der Waals surface area contributed by atoms with Crippen LogP contribution in [0.15, 0.2) is 138 Å². The van der Waals surface area contributed by atoms with E-state index in [1.807, 2.05) is 72.1 Å². The third-order valence-electron chi connectivity index (χ3n) is 7.56. The first-order chi connectivity index (χ1) is 21.9. The molecule has 0 atom stereocenters. The fourth-order valence-electron chi connectivity index (χ4n) is 4.78. The number of anilines is 2. The van der Waals surface area contributed by atoms with Gasteiger partial charge in [0.1, 0.15) is 18.5 Å². The Kier molecular flexibility index (Phi) is 8.82. The van der Waals surface area contributed by atoms with Crippen molar-refractivity contribution in [3.05, 3.63) is 144 Å². The van der Waals surface area contributed by atoms with Crippen LogP contribution in [-0.4, -0.2) is 42.1 Å². The zero-order valence-corrected chi connectivity index (χ0v) is 26.0. The molecular formula is C38H32N2O6. The molecule has 46 heavy (non-hydrogen) atoms. The van der Waals surface area contributed by atoms with Crippen molar-refractivity contribution in [3.63, 3.8) is 0 Å². The normalized spacial score (nSPS) is 13.7. The van der Waals surface area contributed by atoms with Crippen molar-refractivity contribution in [1.82, 2.24) is 0 Å². The van der Waals surface area contributed by atoms with Crippen LogP contribution in [0.25, 0.3) is 5.57 Å². The van der Waals surface area contributed by atoms with Crippen LogP contribution in [0.1, 0.15) is 19.4 Å². The highest BCUT2D eigenvalue weighted by molar-refractivity contribution is 6.39. The molecular weight excluding hydrogens is 580 g/mol. The fourth-order valence-corrected chi connectivity index (χ4v) is 4.78. The van der Waals surface area contributed by atoms with Gasteiger partial charge in [0.15, 0.2) is 5.78 Å². The first kappa shape index (κ1) is 31.4. The Balaban J connectivity index is 1.28. The van der Waals surface area contributed by atoms with E-state index < -0.39 is 11.9 Å². The minimum atomic E-state index is -0.483. The van der Waals surface area contributed by atoms with E-state index in [-0.39, 0.29) is 22.7 Å². The van der Waals surface area contributed by atoms with Crippen LogP contribution in [0.2, 0.25) is 0 Å². The predicted octanol–water partition coefficient (Wildman–Crippen LogP) is 5.91. The van der Waals surface area contributed by atoms with Crippen LogP contribution in [-0.2, 0) is 14.4 Å². The molecule has 0 N–H and O–H groups in total. The monoisotopic (exact) mass is 612 g/mol. The van der Waals surface area contributed by atoms with E-state index in [1.54, 1.807) is 62.4 Å². The lowest BCUT2D eigenvalue weighted by molar-refractivity contribution is -0.403. The van der Waals surface area contributed by atoms with Crippen molar-refractivity contribution in [1.29, 1.82) is 0 Å². The maximum Gasteiger partial charge on any atom is 0.338 e. The maximum atomic E-state index is 13.2. The molecule has 5 rings (SSSR count). The van der Waals surface area contributed by atoms with Gasteiger partial charge in [0, 0.05) is 65.0 Å². The lowest BCUT2D eigenvalue weighted by atomic mass is 9.80. The van der Waals surface area contributed by atoms with Gasteiger partial charge in [0.2, 0.25) is 11.4 Å². The molecule has 8 nitrogen and oxygen atoms in total. The smallest absolute Gasteiger partial charge is 0.338 e. The van der Waals surface area contributed by atoms with E-state index in [0.717, 1.165) is 22.8 Å². The molecule has 3 aromatic carbocycles. The minimum Gasteiger partial charge on any atom is -0.871 e. The number of Topliss-reactive ketones (excluding diaryl/α,β-unsaturated/α-hetero) is 1. The number of ketones is 1. The SMILES string of the molecule is C=C(C)C(=O)Oc1ccc(N(C)c2ccc(C3=C([O-])C(=C4C=CC(=[N+](C)c5ccc(OC(=O)C(=C)C)cc5)C=C4)C3=O)cc2)cc1. The number of ether oxygens (including phenoxy) is 2. The molecule has 8 heteroatoms. The fraction of sp³-hybridized carbons (Fsp3) is 0.105. The third-order valence-corrected chi connectivity index (χ3v) is 7.56. The number of benzene rings is 3. The lowest BCUT2D eigenvalue weighted by Crippen LogP contribution is -2.30. The van der Waals surface area contributed by atoms with Crippen LogP contribution in [0, 0.1) is 0 Å². The highest BCUT2D eigenvalue weighted by Crippen LogP contribution is 2.38. The van der Waals surface area contributed by atoms with E-state index in [1.165, 1.54) is 0 Å². The molecule has 2 aliphatic rings. The standard InChI is InChI=1S/C38H32N2O6/c1-23(2)37(43)45-31-19-15-29(16-20-31)39(5)27-11-7-25(8-12-27)33-35(41)34(36(33)42)26-9-13-28(14-10-26)40(6)30-17-21-32(22-18-30)46-38(44)24(3)4/h7-22H,1,3H2,2,4-6H3. The summed E-state index contributed by atoms with van der Waals surface area (Å²) in [7, 11) is 3.78. The number of carbonyl (C=O) groups is 3. The van der Waals surface area contributed by atoms with Crippen molar-refractivity contribution in [2.45, 2.75) is 13.8 Å². The van der Waals surface area contributed by atoms with E-state index in [9.17, 15) is 19.5 Å². The van der Waals surface area contributed by atoms with E-state index >= 15 is 0 Å². The maximum absolute atomic E-state index is 13.2. The summed E-state index contributed by atoms with van der Waals surface area (Å²) in [6.07, 6.45) is 7.22. The Morgan fingerprint density at radius 3 is 1.63 bits per heavy atom. The summed E-state index contributed by atoms with van der Waals surface area (Å²) in [5.74, 6) is -0.698. The van der Waals surface area contributed by atoms with Gasteiger partial charge in [0.25, 0.3) is 0 Å². The first-order valence-electron chi connectivity index (χ1n) is 14.4. The van der Waals surface area contributed by atoms with Crippen molar-refractivity contribution in [3.8, 4) is 11.5 Å². The van der Waals surface area contributed by atoms with Crippen LogP contribution >= 0.6 is 0 Å². The predicted molar refractivity (Wildman–Crippen MR) is 176 cm³/mol. The summed E-state index contributed by atoms with van der Waals surface area (Å²) in [6.45, 7) is 10.3. The number of nitrogens with zero attached hydrogens (tertiary/aromatic N) is 2. The zero-order valence-electron chi connectivity index (χ0n) is 26.0. The Bertz CT molecular complexity index is 1920. The molecule has 0 fully saturated rings. The highest BCUT2D eigenvalue weighted by atomic mass is 16.5. The van der Waals surface area contributed by atoms with Crippen molar-refractivity contribution < 1.29 is 33.5 Å². The molecule has 0 aromatic heterocycles. The van der Waals surface area contributed by atoms with Crippen molar-refractivity contribution >= 4 is 46.1 Å².